The number of aromatic nitrogens is 1. The molecule has 0 amide bonds. The normalized spacial score (nSPS) is 12.4. The molecule has 1 atom stereocenters. The van der Waals surface area contributed by atoms with Gasteiger partial charge in [0.15, 0.2) is 5.69 Å². The van der Waals surface area contributed by atoms with Gasteiger partial charge in [0.2, 0.25) is 0 Å². The highest BCUT2D eigenvalue weighted by Gasteiger charge is 2.25. The van der Waals surface area contributed by atoms with E-state index < -0.39 is 17.2 Å². The SMILES string of the molecule is CCOC(=O)c1coc(SC(C(=O)O)C(C)C)n1. The molecule has 1 rings (SSSR count). The van der Waals surface area contributed by atoms with E-state index in [1.807, 2.05) is 0 Å². The number of nitrogens with zero attached hydrogens (tertiary/aromatic N) is 1. The lowest BCUT2D eigenvalue weighted by atomic mass is 10.1. The van der Waals surface area contributed by atoms with Crippen molar-refractivity contribution < 1.29 is 23.8 Å². The summed E-state index contributed by atoms with van der Waals surface area (Å²) in [5, 5.41) is 8.51. The van der Waals surface area contributed by atoms with E-state index in [2.05, 4.69) is 4.98 Å². The Morgan fingerprint density at radius 3 is 2.72 bits per heavy atom. The number of rotatable bonds is 6. The molecule has 18 heavy (non-hydrogen) atoms. The molecule has 6 nitrogen and oxygen atoms in total. The summed E-state index contributed by atoms with van der Waals surface area (Å²) >= 11 is 0.976. The highest BCUT2D eigenvalue weighted by atomic mass is 32.2. The molecule has 0 bridgehead atoms. The van der Waals surface area contributed by atoms with Gasteiger partial charge in [-0.3, -0.25) is 4.79 Å². The van der Waals surface area contributed by atoms with Crippen molar-refractivity contribution >= 4 is 23.7 Å². The topological polar surface area (TPSA) is 89.6 Å². The Morgan fingerprint density at radius 1 is 1.56 bits per heavy atom. The van der Waals surface area contributed by atoms with Gasteiger partial charge in [0.1, 0.15) is 11.5 Å². The van der Waals surface area contributed by atoms with Crippen molar-refractivity contribution in [3.8, 4) is 0 Å². The van der Waals surface area contributed by atoms with Gasteiger partial charge in [-0.2, -0.15) is 4.98 Å². The molecule has 0 saturated carbocycles. The smallest absolute Gasteiger partial charge is 0.360 e. The quantitative estimate of drug-likeness (QED) is 0.626. The van der Waals surface area contributed by atoms with Crippen LogP contribution < -0.4 is 0 Å². The number of ether oxygens (including phenoxy) is 1. The molecule has 0 radical (unpaired) electrons. The van der Waals surface area contributed by atoms with Crippen molar-refractivity contribution in [3.05, 3.63) is 12.0 Å². The van der Waals surface area contributed by atoms with Gasteiger partial charge in [-0.05, 0) is 12.8 Å². The molecule has 1 unspecified atom stereocenters. The van der Waals surface area contributed by atoms with Crippen molar-refractivity contribution in [2.75, 3.05) is 6.61 Å². The average molecular weight is 273 g/mol. The molecule has 1 heterocycles. The van der Waals surface area contributed by atoms with E-state index in [0.717, 1.165) is 11.8 Å². The molecule has 1 aromatic rings. The standard InChI is InChI=1S/C11H15NO5S/c1-4-16-10(15)7-5-17-11(12-7)18-8(6(2)3)9(13)14/h5-6,8H,4H2,1-3H3,(H,13,14). The van der Waals surface area contributed by atoms with Crippen LogP contribution in [0.15, 0.2) is 15.9 Å². The molecule has 0 fully saturated rings. The zero-order chi connectivity index (χ0) is 13.7. The van der Waals surface area contributed by atoms with Crippen molar-refractivity contribution in [2.45, 2.75) is 31.2 Å². The van der Waals surface area contributed by atoms with Crippen LogP contribution in [0.3, 0.4) is 0 Å². The van der Waals surface area contributed by atoms with Crippen LogP contribution in [0.4, 0.5) is 0 Å². The summed E-state index contributed by atoms with van der Waals surface area (Å²) < 4.78 is 9.80. The van der Waals surface area contributed by atoms with Gasteiger partial charge >= 0.3 is 11.9 Å². The van der Waals surface area contributed by atoms with Crippen LogP contribution in [-0.2, 0) is 9.53 Å². The number of hydrogen-bond donors (Lipinski definition) is 1. The maximum atomic E-state index is 11.3. The van der Waals surface area contributed by atoms with Gasteiger partial charge < -0.3 is 14.3 Å². The number of thioether (sulfide) groups is 1. The lowest BCUT2D eigenvalue weighted by molar-refractivity contribution is -0.137. The second-order valence-electron chi connectivity index (χ2n) is 3.84. The second-order valence-corrected chi connectivity index (χ2v) is 4.93. The van der Waals surface area contributed by atoms with Crippen molar-refractivity contribution in [2.24, 2.45) is 5.92 Å². The lowest BCUT2D eigenvalue weighted by Crippen LogP contribution is -2.22. The largest absolute Gasteiger partial charge is 0.480 e. The van der Waals surface area contributed by atoms with Crippen molar-refractivity contribution in [3.63, 3.8) is 0 Å². The van der Waals surface area contributed by atoms with Crippen LogP contribution in [0.2, 0.25) is 0 Å². The Morgan fingerprint density at radius 2 is 2.22 bits per heavy atom. The molecule has 0 aliphatic heterocycles. The minimum absolute atomic E-state index is 0.0484. The first-order chi connectivity index (χ1) is 8.45. The molecule has 100 valence electrons. The zero-order valence-corrected chi connectivity index (χ0v) is 11.2. The Bertz CT molecular complexity index is 429. The molecule has 0 spiro atoms. The fourth-order valence-electron chi connectivity index (χ4n) is 1.19. The van der Waals surface area contributed by atoms with Gasteiger partial charge in [-0.1, -0.05) is 25.6 Å². The van der Waals surface area contributed by atoms with E-state index in [4.69, 9.17) is 14.3 Å². The van der Waals surface area contributed by atoms with Crippen molar-refractivity contribution in [1.29, 1.82) is 0 Å². The monoisotopic (exact) mass is 273 g/mol. The number of carbonyl (C=O) groups is 2. The van der Waals surface area contributed by atoms with E-state index in [0.29, 0.717) is 0 Å². The molecule has 0 aromatic carbocycles. The summed E-state index contributed by atoms with van der Waals surface area (Å²) in [6.45, 7) is 5.52. The first kappa shape index (κ1) is 14.6. The minimum atomic E-state index is -0.939. The molecular formula is C11H15NO5S. The molecule has 1 N–H and O–H groups in total. The van der Waals surface area contributed by atoms with Gasteiger partial charge in [0.05, 0.1) is 6.61 Å². The lowest BCUT2D eigenvalue weighted by Gasteiger charge is -2.12. The first-order valence-corrected chi connectivity index (χ1v) is 6.35. The number of hydrogen-bond acceptors (Lipinski definition) is 6. The second kappa shape index (κ2) is 6.44. The van der Waals surface area contributed by atoms with Crippen LogP contribution in [0.25, 0.3) is 0 Å². The van der Waals surface area contributed by atoms with E-state index in [9.17, 15) is 9.59 Å². The Hall–Kier alpha value is -1.50. The summed E-state index contributed by atoms with van der Waals surface area (Å²) in [6, 6.07) is 0. The highest BCUT2D eigenvalue weighted by molar-refractivity contribution is 8.00. The third-order valence-electron chi connectivity index (χ3n) is 2.04. The molecule has 0 aliphatic rings. The third kappa shape index (κ3) is 3.76. The summed E-state index contributed by atoms with van der Waals surface area (Å²) in [7, 11) is 0. The average Bonchev–Trinajstić information content (AvgIpc) is 2.73. The number of carboxylic acids is 1. The summed E-state index contributed by atoms with van der Waals surface area (Å²) in [4.78, 5) is 26.2. The van der Waals surface area contributed by atoms with E-state index in [1.165, 1.54) is 6.26 Å². The van der Waals surface area contributed by atoms with Crippen molar-refractivity contribution in [1.82, 2.24) is 4.98 Å². The first-order valence-electron chi connectivity index (χ1n) is 5.47. The van der Waals surface area contributed by atoms with Gasteiger partial charge in [0.25, 0.3) is 5.22 Å². The van der Waals surface area contributed by atoms with Crippen LogP contribution in [0.1, 0.15) is 31.3 Å². The predicted molar refractivity (Wildman–Crippen MR) is 64.6 cm³/mol. The number of carbonyl (C=O) groups excluding carboxylic acids is 1. The number of aliphatic carboxylic acids is 1. The minimum Gasteiger partial charge on any atom is -0.480 e. The van der Waals surface area contributed by atoms with Crippen LogP contribution in [-0.4, -0.2) is 33.9 Å². The number of carboxylic acid groups (broad SMARTS) is 1. The number of oxazole rings is 1. The zero-order valence-electron chi connectivity index (χ0n) is 10.4. The summed E-state index contributed by atoms with van der Waals surface area (Å²) in [5.41, 5.74) is 0.0484. The fourth-order valence-corrected chi connectivity index (χ4v) is 2.04. The predicted octanol–water partition coefficient (Wildman–Crippen LogP) is 2.05. The van der Waals surface area contributed by atoms with E-state index in [-0.39, 0.29) is 23.4 Å². The van der Waals surface area contributed by atoms with Gasteiger partial charge in [0, 0.05) is 0 Å². The molecule has 7 heteroatoms. The van der Waals surface area contributed by atoms with Gasteiger partial charge in [-0.15, -0.1) is 0 Å². The Labute approximate surface area is 109 Å². The molecule has 1 aromatic heterocycles. The Kier molecular flexibility index (Phi) is 5.21. The number of esters is 1. The van der Waals surface area contributed by atoms with Gasteiger partial charge in [-0.25, -0.2) is 4.79 Å². The van der Waals surface area contributed by atoms with Crippen LogP contribution in [0.5, 0.6) is 0 Å². The third-order valence-corrected chi connectivity index (χ3v) is 3.43. The fraction of sp³-hybridized carbons (Fsp3) is 0.545. The van der Waals surface area contributed by atoms with Crippen LogP contribution in [0, 0.1) is 5.92 Å². The summed E-state index contributed by atoms with van der Waals surface area (Å²) in [6.07, 6.45) is 1.17. The van der Waals surface area contributed by atoms with E-state index in [1.54, 1.807) is 20.8 Å². The maximum Gasteiger partial charge on any atom is 0.360 e. The summed E-state index contributed by atoms with van der Waals surface area (Å²) in [5.74, 6) is -1.60. The molecule has 0 aliphatic carbocycles. The van der Waals surface area contributed by atoms with E-state index >= 15 is 0 Å². The molecular weight excluding hydrogens is 258 g/mol. The molecule has 0 saturated heterocycles. The Balaban J connectivity index is 2.74. The van der Waals surface area contributed by atoms with Crippen LogP contribution >= 0.6 is 11.8 Å². The highest BCUT2D eigenvalue weighted by Crippen LogP contribution is 2.27. The maximum absolute atomic E-state index is 11.3.